The molecule has 0 atom stereocenters. The van der Waals surface area contributed by atoms with Crippen LogP contribution >= 0.6 is 11.6 Å². The molecule has 3 aromatic rings. The maximum absolute atomic E-state index is 13.2. The minimum Gasteiger partial charge on any atom is -0.497 e. The van der Waals surface area contributed by atoms with E-state index in [1.165, 1.54) is 12.1 Å². The number of hydrogen-bond donors (Lipinski definition) is 1. The molecule has 0 aliphatic heterocycles. The Morgan fingerprint density at radius 3 is 2.81 bits per heavy atom. The number of hydrogen-bond acceptors (Lipinski definition) is 3. The Bertz CT molecular complexity index is 956. The second-order valence-electron chi connectivity index (χ2n) is 5.75. The second kappa shape index (κ2) is 7.58. The molecule has 5 nitrogen and oxygen atoms in total. The summed E-state index contributed by atoms with van der Waals surface area (Å²) in [6, 6.07) is 12.9. The zero-order valence-electron chi connectivity index (χ0n) is 14.3. The van der Waals surface area contributed by atoms with Crippen molar-refractivity contribution in [1.29, 1.82) is 0 Å². The highest BCUT2D eigenvalue weighted by Gasteiger charge is 2.12. The van der Waals surface area contributed by atoms with Gasteiger partial charge < -0.3 is 10.1 Å². The first-order chi connectivity index (χ1) is 12.5. The van der Waals surface area contributed by atoms with Crippen LogP contribution in [-0.4, -0.2) is 22.8 Å². The van der Waals surface area contributed by atoms with Crippen molar-refractivity contribution in [3.8, 4) is 5.75 Å². The van der Waals surface area contributed by atoms with Crippen LogP contribution in [0.3, 0.4) is 0 Å². The molecule has 0 unspecified atom stereocenters. The number of benzene rings is 2. The summed E-state index contributed by atoms with van der Waals surface area (Å²) in [6.45, 7) is 2.24. The maximum atomic E-state index is 13.2. The van der Waals surface area contributed by atoms with E-state index in [9.17, 15) is 9.18 Å². The molecule has 2 aromatic carbocycles. The third-order valence-electron chi connectivity index (χ3n) is 3.89. The number of nitrogens with zero attached hydrogens (tertiary/aromatic N) is 2. The van der Waals surface area contributed by atoms with Crippen molar-refractivity contribution in [2.24, 2.45) is 0 Å². The fourth-order valence-electron chi connectivity index (χ4n) is 2.50. The largest absolute Gasteiger partial charge is 0.497 e. The lowest BCUT2D eigenvalue weighted by atomic mass is 10.2. The number of carbonyl (C=O) groups is 1. The van der Waals surface area contributed by atoms with Crippen LogP contribution in [0.2, 0.25) is 5.02 Å². The smallest absolute Gasteiger partial charge is 0.256 e. The molecule has 3 rings (SSSR count). The minimum absolute atomic E-state index is 0.284. The molecule has 0 fully saturated rings. The fraction of sp³-hybridized carbons (Fsp3) is 0.158. The number of halogens is 2. The van der Waals surface area contributed by atoms with E-state index in [2.05, 4.69) is 10.4 Å². The van der Waals surface area contributed by atoms with Crippen molar-refractivity contribution in [3.63, 3.8) is 0 Å². The predicted octanol–water partition coefficient (Wildman–Crippen LogP) is 4.29. The number of amides is 1. The van der Waals surface area contributed by atoms with Crippen molar-refractivity contribution in [3.05, 3.63) is 76.2 Å². The zero-order valence-corrected chi connectivity index (χ0v) is 15.0. The van der Waals surface area contributed by atoms with Crippen molar-refractivity contribution >= 4 is 23.3 Å². The SMILES string of the molecule is COc1cccc(C(=O)Nc2cc(C)n(Cc3ccc(F)cc3Cl)n2)c1. The molecule has 26 heavy (non-hydrogen) atoms. The van der Waals surface area contributed by atoms with Gasteiger partial charge in [-0.15, -0.1) is 0 Å². The first-order valence-corrected chi connectivity index (χ1v) is 8.28. The van der Waals surface area contributed by atoms with E-state index in [0.29, 0.717) is 28.7 Å². The third kappa shape index (κ3) is 4.03. The molecule has 7 heteroatoms. The van der Waals surface area contributed by atoms with Crippen molar-refractivity contribution in [2.75, 3.05) is 12.4 Å². The highest BCUT2D eigenvalue weighted by atomic mass is 35.5. The van der Waals surface area contributed by atoms with E-state index in [-0.39, 0.29) is 11.7 Å². The summed E-state index contributed by atoms with van der Waals surface area (Å²) in [4.78, 5) is 12.4. The highest BCUT2D eigenvalue weighted by molar-refractivity contribution is 6.31. The molecule has 1 heterocycles. The van der Waals surface area contributed by atoms with E-state index in [1.54, 1.807) is 48.2 Å². The van der Waals surface area contributed by atoms with E-state index >= 15 is 0 Å². The summed E-state index contributed by atoms with van der Waals surface area (Å²) in [7, 11) is 1.54. The Balaban J connectivity index is 1.76. The third-order valence-corrected chi connectivity index (χ3v) is 4.24. The lowest BCUT2D eigenvalue weighted by Gasteiger charge is -2.07. The van der Waals surface area contributed by atoms with Crippen LogP contribution in [0.25, 0.3) is 0 Å². The Kier molecular flexibility index (Phi) is 5.23. The molecule has 1 amide bonds. The van der Waals surface area contributed by atoms with E-state index in [4.69, 9.17) is 16.3 Å². The van der Waals surface area contributed by atoms with Crippen LogP contribution < -0.4 is 10.1 Å². The average Bonchev–Trinajstić information content (AvgIpc) is 2.96. The standard InChI is InChI=1S/C19H17ClFN3O2/c1-12-8-18(22-19(25)13-4-3-5-16(9-13)26-2)23-24(12)11-14-6-7-15(21)10-17(14)20/h3-10H,11H2,1-2H3,(H,22,23,25). The number of aromatic nitrogens is 2. The first-order valence-electron chi connectivity index (χ1n) is 7.90. The molecule has 0 saturated heterocycles. The maximum Gasteiger partial charge on any atom is 0.256 e. The average molecular weight is 374 g/mol. The molecular formula is C19H17ClFN3O2. The fourth-order valence-corrected chi connectivity index (χ4v) is 2.72. The van der Waals surface area contributed by atoms with Crippen LogP contribution in [-0.2, 0) is 6.54 Å². The molecule has 0 saturated carbocycles. The van der Waals surface area contributed by atoms with Gasteiger partial charge >= 0.3 is 0 Å². The van der Waals surface area contributed by atoms with Crippen LogP contribution in [0.1, 0.15) is 21.6 Å². The summed E-state index contributed by atoms with van der Waals surface area (Å²) in [6.07, 6.45) is 0. The number of methoxy groups -OCH3 is 1. The topological polar surface area (TPSA) is 56.1 Å². The Labute approximate surface area is 155 Å². The van der Waals surface area contributed by atoms with Gasteiger partial charge in [-0.2, -0.15) is 5.10 Å². The summed E-state index contributed by atoms with van der Waals surface area (Å²) in [5, 5.41) is 7.47. The van der Waals surface area contributed by atoms with Crippen LogP contribution in [0.4, 0.5) is 10.2 Å². The first kappa shape index (κ1) is 17.9. The van der Waals surface area contributed by atoms with Crippen LogP contribution in [0.15, 0.2) is 48.5 Å². The Morgan fingerprint density at radius 2 is 2.08 bits per heavy atom. The second-order valence-corrected chi connectivity index (χ2v) is 6.16. The van der Waals surface area contributed by atoms with Crippen molar-refractivity contribution in [1.82, 2.24) is 9.78 Å². The summed E-state index contributed by atoms with van der Waals surface area (Å²) < 4.78 is 20.0. The molecule has 1 N–H and O–H groups in total. The highest BCUT2D eigenvalue weighted by Crippen LogP contribution is 2.20. The summed E-state index contributed by atoms with van der Waals surface area (Å²) >= 11 is 6.07. The number of nitrogens with one attached hydrogen (secondary N) is 1. The molecular weight excluding hydrogens is 357 g/mol. The predicted molar refractivity (Wildman–Crippen MR) is 98.4 cm³/mol. The lowest BCUT2D eigenvalue weighted by Crippen LogP contribution is -2.13. The number of carbonyl (C=O) groups excluding carboxylic acids is 1. The molecule has 1 aromatic heterocycles. The Hall–Kier alpha value is -2.86. The number of aryl methyl sites for hydroxylation is 1. The van der Waals surface area contributed by atoms with Crippen LogP contribution in [0, 0.1) is 12.7 Å². The number of anilines is 1. The van der Waals surface area contributed by atoms with Gasteiger partial charge in [-0.25, -0.2) is 4.39 Å². The Morgan fingerprint density at radius 1 is 1.27 bits per heavy atom. The summed E-state index contributed by atoms with van der Waals surface area (Å²) in [5.74, 6) is 0.356. The van der Waals surface area contributed by atoms with Crippen LogP contribution in [0.5, 0.6) is 5.75 Å². The van der Waals surface area contributed by atoms with Gasteiger partial charge in [0.15, 0.2) is 5.82 Å². The van der Waals surface area contributed by atoms with Gasteiger partial charge in [-0.05, 0) is 42.8 Å². The molecule has 0 bridgehead atoms. The molecule has 134 valence electrons. The van der Waals surface area contributed by atoms with Gasteiger partial charge in [-0.3, -0.25) is 9.48 Å². The molecule has 0 aliphatic rings. The molecule has 0 aliphatic carbocycles. The number of ether oxygens (including phenoxy) is 1. The van der Waals surface area contributed by atoms with Gasteiger partial charge in [0.25, 0.3) is 5.91 Å². The van der Waals surface area contributed by atoms with E-state index in [1.807, 2.05) is 6.92 Å². The van der Waals surface area contributed by atoms with Crippen molar-refractivity contribution < 1.29 is 13.9 Å². The monoisotopic (exact) mass is 373 g/mol. The van der Waals surface area contributed by atoms with Gasteiger partial charge in [0.05, 0.1) is 13.7 Å². The van der Waals surface area contributed by atoms with Gasteiger partial charge in [0.1, 0.15) is 11.6 Å². The normalized spacial score (nSPS) is 10.6. The van der Waals surface area contributed by atoms with Gasteiger partial charge in [-0.1, -0.05) is 23.7 Å². The summed E-state index contributed by atoms with van der Waals surface area (Å²) in [5.41, 5.74) is 2.05. The van der Waals surface area contributed by atoms with Gasteiger partial charge in [0.2, 0.25) is 0 Å². The quantitative estimate of drug-likeness (QED) is 0.725. The van der Waals surface area contributed by atoms with E-state index < -0.39 is 0 Å². The lowest BCUT2D eigenvalue weighted by molar-refractivity contribution is 0.102. The zero-order chi connectivity index (χ0) is 18.7. The van der Waals surface area contributed by atoms with E-state index in [0.717, 1.165) is 11.3 Å². The van der Waals surface area contributed by atoms with Gasteiger partial charge in [0, 0.05) is 22.3 Å². The number of rotatable bonds is 5. The molecule has 0 radical (unpaired) electrons. The van der Waals surface area contributed by atoms with Crippen molar-refractivity contribution in [2.45, 2.75) is 13.5 Å². The minimum atomic E-state index is -0.387. The molecule has 0 spiro atoms.